The predicted octanol–water partition coefficient (Wildman–Crippen LogP) is 5.01. The molecule has 2 aromatic carbocycles. The largest absolute Gasteiger partial charge is 0.497 e. The minimum Gasteiger partial charge on any atom is -0.497 e. The van der Waals surface area contributed by atoms with Crippen LogP contribution in [0.15, 0.2) is 59.2 Å². The van der Waals surface area contributed by atoms with Gasteiger partial charge in [0, 0.05) is 18.2 Å². The number of aryl methyl sites for hydroxylation is 1. The molecule has 1 heterocycles. The van der Waals surface area contributed by atoms with Crippen molar-refractivity contribution in [1.29, 1.82) is 0 Å². The molecule has 0 saturated heterocycles. The normalized spacial score (nSPS) is 10.4. The molecule has 0 amide bonds. The molecule has 3 aromatic rings. The van der Waals surface area contributed by atoms with E-state index in [2.05, 4.69) is 5.32 Å². The van der Waals surface area contributed by atoms with Crippen molar-refractivity contribution in [3.05, 3.63) is 71.7 Å². The van der Waals surface area contributed by atoms with E-state index in [4.69, 9.17) is 30.8 Å². The van der Waals surface area contributed by atoms with Gasteiger partial charge < -0.3 is 28.8 Å². The van der Waals surface area contributed by atoms with E-state index in [9.17, 15) is 0 Å². The minimum atomic E-state index is 0.502. The van der Waals surface area contributed by atoms with Gasteiger partial charge >= 0.3 is 0 Å². The fourth-order valence-electron chi connectivity index (χ4n) is 3.09. The minimum absolute atomic E-state index is 0.502. The van der Waals surface area contributed by atoms with Crippen molar-refractivity contribution in [2.24, 2.45) is 0 Å². The van der Waals surface area contributed by atoms with Gasteiger partial charge in [-0.25, -0.2) is 0 Å². The SMILES string of the molecule is COc1ccc(CN(Cc2ccco2)C(=S)Nc2cc(C)ccc2OC)c(OC)c1. The van der Waals surface area contributed by atoms with Crippen LogP contribution >= 0.6 is 12.2 Å². The molecule has 0 aliphatic carbocycles. The van der Waals surface area contributed by atoms with E-state index in [-0.39, 0.29) is 0 Å². The molecule has 30 heavy (non-hydrogen) atoms. The van der Waals surface area contributed by atoms with Crippen molar-refractivity contribution in [3.63, 3.8) is 0 Å². The maximum Gasteiger partial charge on any atom is 0.174 e. The average molecular weight is 427 g/mol. The van der Waals surface area contributed by atoms with Crippen LogP contribution in [0.25, 0.3) is 0 Å². The molecule has 1 N–H and O–H groups in total. The lowest BCUT2D eigenvalue weighted by molar-refractivity contribution is 0.346. The highest BCUT2D eigenvalue weighted by Crippen LogP contribution is 2.28. The maximum absolute atomic E-state index is 5.76. The third-order valence-electron chi connectivity index (χ3n) is 4.67. The Morgan fingerprint density at radius 2 is 1.77 bits per heavy atom. The first-order valence-corrected chi connectivity index (χ1v) is 9.88. The van der Waals surface area contributed by atoms with Gasteiger partial charge in [0.1, 0.15) is 23.0 Å². The zero-order valence-corrected chi connectivity index (χ0v) is 18.4. The molecular weight excluding hydrogens is 400 g/mol. The molecule has 0 aliphatic rings. The van der Waals surface area contributed by atoms with Gasteiger partial charge in [-0.05, 0) is 61.1 Å². The Kier molecular flexibility index (Phi) is 7.19. The number of benzene rings is 2. The second-order valence-corrected chi connectivity index (χ2v) is 7.13. The van der Waals surface area contributed by atoms with E-state index in [1.54, 1.807) is 27.6 Å². The van der Waals surface area contributed by atoms with Gasteiger partial charge in [0.2, 0.25) is 0 Å². The van der Waals surface area contributed by atoms with E-state index in [1.165, 1.54) is 0 Å². The quantitative estimate of drug-likeness (QED) is 0.508. The first kappa shape index (κ1) is 21.5. The topological polar surface area (TPSA) is 56.1 Å². The molecular formula is C23H26N2O4S. The Balaban J connectivity index is 1.87. The van der Waals surface area contributed by atoms with Crippen LogP contribution < -0.4 is 19.5 Å². The molecule has 0 spiro atoms. The smallest absolute Gasteiger partial charge is 0.174 e. The number of thiocarbonyl (C=S) groups is 1. The lowest BCUT2D eigenvalue weighted by Crippen LogP contribution is -2.34. The molecule has 6 nitrogen and oxygen atoms in total. The second-order valence-electron chi connectivity index (χ2n) is 6.75. The molecule has 0 saturated carbocycles. The Morgan fingerprint density at radius 1 is 0.967 bits per heavy atom. The predicted molar refractivity (Wildman–Crippen MR) is 121 cm³/mol. The van der Waals surface area contributed by atoms with Gasteiger partial charge in [-0.15, -0.1) is 0 Å². The van der Waals surface area contributed by atoms with Gasteiger partial charge in [-0.2, -0.15) is 0 Å². The molecule has 0 radical (unpaired) electrons. The Bertz CT molecular complexity index is 989. The number of nitrogens with zero attached hydrogens (tertiary/aromatic N) is 1. The van der Waals surface area contributed by atoms with Crippen LogP contribution in [-0.4, -0.2) is 31.3 Å². The van der Waals surface area contributed by atoms with Crippen molar-refractivity contribution in [3.8, 4) is 17.2 Å². The Morgan fingerprint density at radius 3 is 2.43 bits per heavy atom. The van der Waals surface area contributed by atoms with Gasteiger partial charge in [0.25, 0.3) is 0 Å². The van der Waals surface area contributed by atoms with Crippen molar-refractivity contribution >= 4 is 23.0 Å². The summed E-state index contributed by atoms with van der Waals surface area (Å²) in [4.78, 5) is 2.01. The van der Waals surface area contributed by atoms with Crippen molar-refractivity contribution in [2.75, 3.05) is 26.6 Å². The summed E-state index contributed by atoms with van der Waals surface area (Å²) in [6.45, 7) is 3.05. The molecule has 0 fully saturated rings. The number of hydrogen-bond donors (Lipinski definition) is 1. The van der Waals surface area contributed by atoms with E-state index in [1.807, 2.05) is 60.4 Å². The summed E-state index contributed by atoms with van der Waals surface area (Å²) in [7, 11) is 4.91. The van der Waals surface area contributed by atoms with Gasteiger partial charge in [-0.3, -0.25) is 0 Å². The van der Waals surface area contributed by atoms with Crippen molar-refractivity contribution < 1.29 is 18.6 Å². The van der Waals surface area contributed by atoms with Crippen LogP contribution in [0.1, 0.15) is 16.9 Å². The van der Waals surface area contributed by atoms with Crippen LogP contribution in [0, 0.1) is 6.92 Å². The zero-order valence-electron chi connectivity index (χ0n) is 17.6. The average Bonchev–Trinajstić information content (AvgIpc) is 3.26. The Labute approximate surface area is 182 Å². The molecule has 0 unspecified atom stereocenters. The first-order valence-electron chi connectivity index (χ1n) is 9.48. The summed E-state index contributed by atoms with van der Waals surface area (Å²) in [5, 5.41) is 3.87. The second kappa shape index (κ2) is 10.0. The summed E-state index contributed by atoms with van der Waals surface area (Å²) in [5.74, 6) is 3.00. The lowest BCUT2D eigenvalue weighted by Gasteiger charge is -2.26. The number of hydrogen-bond acceptors (Lipinski definition) is 5. The number of ether oxygens (including phenoxy) is 3. The van der Waals surface area contributed by atoms with Crippen molar-refractivity contribution in [2.45, 2.75) is 20.0 Å². The van der Waals surface area contributed by atoms with Crippen LogP contribution in [0.4, 0.5) is 5.69 Å². The van der Waals surface area contributed by atoms with Crippen molar-refractivity contribution in [1.82, 2.24) is 4.90 Å². The molecule has 0 bridgehead atoms. The summed E-state index contributed by atoms with van der Waals surface area (Å²) in [6.07, 6.45) is 1.65. The summed E-state index contributed by atoms with van der Waals surface area (Å²) in [5.41, 5.74) is 2.90. The van der Waals surface area contributed by atoms with E-state index in [0.717, 1.165) is 39.8 Å². The molecule has 0 aliphatic heterocycles. The van der Waals surface area contributed by atoms with E-state index in [0.29, 0.717) is 18.2 Å². The number of furan rings is 1. The molecule has 158 valence electrons. The van der Waals surface area contributed by atoms with Crippen LogP contribution in [0.5, 0.6) is 17.2 Å². The fraction of sp³-hybridized carbons (Fsp3) is 0.261. The summed E-state index contributed by atoms with van der Waals surface area (Å²) in [6, 6.07) is 15.4. The fourth-order valence-corrected chi connectivity index (χ4v) is 3.33. The van der Waals surface area contributed by atoms with Crippen LogP contribution in [0.3, 0.4) is 0 Å². The number of nitrogens with one attached hydrogen (secondary N) is 1. The van der Waals surface area contributed by atoms with Gasteiger partial charge in [0.15, 0.2) is 5.11 Å². The first-order chi connectivity index (χ1) is 14.5. The highest BCUT2D eigenvalue weighted by atomic mass is 32.1. The van der Waals surface area contributed by atoms with Gasteiger partial charge in [0.05, 0.1) is 39.8 Å². The molecule has 7 heteroatoms. The molecule has 0 atom stereocenters. The lowest BCUT2D eigenvalue weighted by atomic mass is 10.1. The molecule has 3 rings (SSSR count). The standard InChI is InChI=1S/C23H26N2O4S/c1-16-7-10-21(27-3)20(12-16)24-23(30)25(15-19-6-5-11-29-19)14-17-8-9-18(26-2)13-22(17)28-4/h5-13H,14-15H2,1-4H3,(H,24,30). The Hall–Kier alpha value is -3.19. The van der Waals surface area contributed by atoms with Crippen LogP contribution in [-0.2, 0) is 13.1 Å². The monoisotopic (exact) mass is 426 g/mol. The van der Waals surface area contributed by atoms with E-state index >= 15 is 0 Å². The molecule has 1 aromatic heterocycles. The summed E-state index contributed by atoms with van der Waals surface area (Å²) < 4.78 is 21.9. The summed E-state index contributed by atoms with van der Waals surface area (Å²) >= 11 is 5.76. The third kappa shape index (κ3) is 5.24. The van der Waals surface area contributed by atoms with Gasteiger partial charge in [-0.1, -0.05) is 6.07 Å². The maximum atomic E-state index is 5.76. The zero-order chi connectivity index (χ0) is 21.5. The number of anilines is 1. The third-order valence-corrected chi connectivity index (χ3v) is 5.03. The van der Waals surface area contributed by atoms with E-state index < -0.39 is 0 Å². The highest BCUT2D eigenvalue weighted by Gasteiger charge is 2.17. The number of rotatable bonds is 8. The van der Waals surface area contributed by atoms with Crippen LogP contribution in [0.2, 0.25) is 0 Å². The highest BCUT2D eigenvalue weighted by molar-refractivity contribution is 7.80. The number of methoxy groups -OCH3 is 3.